The molecule has 2 bridgehead atoms. The minimum atomic E-state index is -1.47. The van der Waals surface area contributed by atoms with Crippen LogP contribution in [0.5, 0.6) is 0 Å². The fraction of sp³-hybridized carbons (Fsp3) is 0.629. The Hall–Kier alpha value is -9.16. The lowest BCUT2D eigenvalue weighted by Gasteiger charge is -2.28. The number of carbonyl (C=O) groups is 10. The lowest BCUT2D eigenvalue weighted by atomic mass is 10.0. The fourth-order valence-corrected chi connectivity index (χ4v) is 12.6. The molecule has 540 valence electrons. The van der Waals surface area contributed by atoms with E-state index in [0.717, 1.165) is 25.0 Å². The third-order valence-electron chi connectivity index (χ3n) is 16.1. The molecule has 21 N–H and O–H groups in total. The molecule has 0 saturated carbocycles. The maximum Gasteiger partial charge on any atom is 0.315 e. The van der Waals surface area contributed by atoms with Gasteiger partial charge in [-0.25, -0.2) is 9.78 Å². The molecule has 3 aliphatic rings. The van der Waals surface area contributed by atoms with Gasteiger partial charge < -0.3 is 101 Å². The normalized spacial score (nSPS) is 23.0. The summed E-state index contributed by atoms with van der Waals surface area (Å²) in [5, 5.41) is 36.8. The number of aliphatic imine (C=N–C) groups is 2. The number of nitrogens with zero attached hydrogens (tertiary/aromatic N) is 6. The van der Waals surface area contributed by atoms with E-state index in [1.54, 1.807) is 36.5 Å². The van der Waals surface area contributed by atoms with Gasteiger partial charge in [0.2, 0.25) is 53.2 Å². The second-order valence-corrected chi connectivity index (χ2v) is 25.8. The number of fused-ring (bicyclic) bond motifs is 3. The number of amides is 11. The molecule has 0 aliphatic carbocycles. The number of ether oxygens (including phenoxy) is 3. The van der Waals surface area contributed by atoms with Gasteiger partial charge in [0.1, 0.15) is 48.9 Å². The van der Waals surface area contributed by atoms with Gasteiger partial charge in [-0.05, 0) is 75.7 Å². The number of urea groups is 1. The van der Waals surface area contributed by atoms with Crippen LogP contribution in [0, 0.1) is 5.92 Å². The lowest BCUT2D eigenvalue weighted by molar-refractivity contribution is -0.136. The standard InChI is InChI=1S/C62H98N22O13S/c1-37(2)28-44-56(90)74-41(53(63)87)14-8-9-22-84-33-40(82-83-84)31-46(73-51(86)34-97-27-26-96-25-24-95-23-21-69-50(85)18-7-6-17-49-52-48(35-98-49)80-62(94)81-52)58(92)76-43(16-11-20-71-61(66)67)55(89)79-47(30-39-32-68-36-72-39)59(93)78-45(29-38-12-4-3-5-13-38)57(91)75-42(54(88)77-44)15-10-19-70-60(64)65/h3-5,12-13,32-33,36-37,41-49,52H,6-11,14-31,34-35H2,1-2H3,(H2,63,87)(H,68,72)(H,69,85)(H,73,86)(H,74,90)(H,75,91)(H,76,92)(H,77,88)(H,78,93)(H,79,89)(H4,64,65,70)(H4,66,67,71)(H2,80,81,94)/t41-,42+,43+,44+,45+,46-,47?,48-,49-,52-/m0/s1. The van der Waals surface area contributed by atoms with Crippen molar-refractivity contribution in [3.05, 3.63) is 66.0 Å². The number of benzene rings is 1. The van der Waals surface area contributed by atoms with Gasteiger partial charge in [0.25, 0.3) is 0 Å². The number of rotatable bonds is 32. The maximum atomic E-state index is 14.9. The topological polar surface area (TPSA) is 533 Å². The highest BCUT2D eigenvalue weighted by Gasteiger charge is 2.43. The van der Waals surface area contributed by atoms with Crippen LogP contribution in [0.1, 0.15) is 108 Å². The number of imidazole rings is 1. The van der Waals surface area contributed by atoms with Crippen molar-refractivity contribution in [3.63, 3.8) is 0 Å². The average molecular weight is 1390 g/mol. The minimum Gasteiger partial charge on any atom is -0.377 e. The van der Waals surface area contributed by atoms with E-state index in [1.807, 2.05) is 25.6 Å². The summed E-state index contributed by atoms with van der Waals surface area (Å²) in [6, 6.07) is -0.556. The van der Waals surface area contributed by atoms with Crippen LogP contribution < -0.4 is 81.8 Å². The molecule has 0 radical (unpaired) electrons. The van der Waals surface area contributed by atoms with Crippen LogP contribution in [0.3, 0.4) is 0 Å². The van der Waals surface area contributed by atoms with Crippen LogP contribution in [0.4, 0.5) is 4.79 Å². The summed E-state index contributed by atoms with van der Waals surface area (Å²) < 4.78 is 18.3. The van der Waals surface area contributed by atoms with E-state index < -0.39 is 96.2 Å². The molecule has 11 amide bonds. The number of hydrogen-bond donors (Lipinski definition) is 16. The Morgan fingerprint density at radius 1 is 0.673 bits per heavy atom. The van der Waals surface area contributed by atoms with Gasteiger partial charge in [0.15, 0.2) is 11.9 Å². The summed E-state index contributed by atoms with van der Waals surface area (Å²) in [6.45, 7) is 4.58. The van der Waals surface area contributed by atoms with Gasteiger partial charge in [-0.3, -0.25) is 57.8 Å². The number of primary amides is 1. The fourth-order valence-electron chi connectivity index (χ4n) is 11.1. The molecule has 1 unspecified atom stereocenters. The van der Waals surface area contributed by atoms with E-state index in [4.69, 9.17) is 42.9 Å². The molecule has 5 heterocycles. The smallest absolute Gasteiger partial charge is 0.315 e. The van der Waals surface area contributed by atoms with Crippen molar-refractivity contribution >= 4 is 82.9 Å². The molecule has 35 nitrogen and oxygen atoms in total. The van der Waals surface area contributed by atoms with Crippen molar-refractivity contribution in [1.82, 2.24) is 78.1 Å². The molecule has 6 rings (SSSR count). The monoisotopic (exact) mass is 1390 g/mol. The summed E-state index contributed by atoms with van der Waals surface area (Å²) in [6.07, 6.45) is 7.82. The Morgan fingerprint density at radius 2 is 1.29 bits per heavy atom. The van der Waals surface area contributed by atoms with E-state index >= 15 is 0 Å². The first-order valence-electron chi connectivity index (χ1n) is 33.2. The van der Waals surface area contributed by atoms with Gasteiger partial charge in [-0.15, -0.1) is 5.10 Å². The van der Waals surface area contributed by atoms with Gasteiger partial charge >= 0.3 is 6.03 Å². The Labute approximate surface area is 572 Å². The Kier molecular flexibility index (Phi) is 33.2. The summed E-state index contributed by atoms with van der Waals surface area (Å²) in [5.74, 6) is -6.16. The van der Waals surface area contributed by atoms with Crippen LogP contribution in [0.15, 0.2) is 59.0 Å². The largest absolute Gasteiger partial charge is 0.377 e. The second kappa shape index (κ2) is 41.8. The number of hydrogen-bond acceptors (Lipinski definition) is 19. The van der Waals surface area contributed by atoms with E-state index in [1.165, 1.54) is 17.2 Å². The predicted molar refractivity (Wildman–Crippen MR) is 361 cm³/mol. The highest BCUT2D eigenvalue weighted by molar-refractivity contribution is 8.00. The van der Waals surface area contributed by atoms with Crippen molar-refractivity contribution < 1.29 is 62.2 Å². The first-order valence-corrected chi connectivity index (χ1v) is 34.3. The Bertz CT molecular complexity index is 3110. The highest BCUT2D eigenvalue weighted by atomic mass is 32.2. The summed E-state index contributed by atoms with van der Waals surface area (Å²) in [7, 11) is 0. The minimum absolute atomic E-state index is 0.0196. The van der Waals surface area contributed by atoms with Crippen molar-refractivity contribution in [1.29, 1.82) is 0 Å². The number of thioether (sulfide) groups is 1. The van der Waals surface area contributed by atoms with Gasteiger partial charge in [-0.2, -0.15) is 11.8 Å². The molecule has 36 heteroatoms. The SMILES string of the molecule is CC(C)C[C@H]1NC(=O)[C@@H](CCCN=C(N)N)NC(=O)[C@@H](Cc2ccccc2)NC(=O)C(Cc2cnc[nH]2)NC(=O)[C@@H](CCCN=C(N)N)NC(=O)[C@@H](NC(=O)COCCOCCOCCNC(=O)CCCC[C@@H]2SC[C@@H]3NC(=O)N[C@@H]32)Cc2cn(nn2)CCCC[C@@H](C(N)=O)NC1=O. The third kappa shape index (κ3) is 28.5. The molecule has 1 aromatic carbocycles. The molecule has 3 aliphatic heterocycles. The van der Waals surface area contributed by atoms with Crippen LogP contribution in [-0.4, -0.2) is 221 Å². The Balaban J connectivity index is 1.16. The summed E-state index contributed by atoms with van der Waals surface area (Å²) in [4.78, 5) is 153. The number of nitrogens with two attached hydrogens (primary N) is 5. The molecule has 2 fully saturated rings. The molecule has 2 saturated heterocycles. The molecular formula is C62H98N22O13S. The molecule has 2 aromatic heterocycles. The molecular weight excluding hydrogens is 1290 g/mol. The van der Waals surface area contributed by atoms with Crippen molar-refractivity contribution in [2.24, 2.45) is 44.6 Å². The number of aromatic nitrogens is 5. The Morgan fingerprint density at radius 3 is 1.93 bits per heavy atom. The van der Waals surface area contributed by atoms with E-state index in [0.29, 0.717) is 42.3 Å². The van der Waals surface area contributed by atoms with Crippen LogP contribution >= 0.6 is 11.8 Å². The molecule has 0 spiro atoms. The van der Waals surface area contributed by atoms with Gasteiger partial charge in [0.05, 0.1) is 57.1 Å². The van der Waals surface area contributed by atoms with Crippen molar-refractivity contribution in [2.75, 3.05) is 65.0 Å². The highest BCUT2D eigenvalue weighted by Crippen LogP contribution is 2.33. The number of H-pyrrole nitrogens is 1. The predicted octanol–water partition coefficient (Wildman–Crippen LogP) is -3.86. The zero-order chi connectivity index (χ0) is 70.8. The van der Waals surface area contributed by atoms with Crippen LogP contribution in [0.2, 0.25) is 0 Å². The van der Waals surface area contributed by atoms with Crippen molar-refractivity contribution in [3.8, 4) is 0 Å². The first kappa shape index (κ1) is 77.8. The van der Waals surface area contributed by atoms with E-state index in [-0.39, 0.29) is 158 Å². The summed E-state index contributed by atoms with van der Waals surface area (Å²) >= 11 is 1.84. The maximum absolute atomic E-state index is 14.9. The van der Waals surface area contributed by atoms with E-state index in [2.05, 4.69) is 83.4 Å². The molecule has 98 heavy (non-hydrogen) atoms. The number of aromatic amines is 1. The van der Waals surface area contributed by atoms with Crippen molar-refractivity contribution in [2.45, 2.75) is 176 Å². The molecule has 3 aromatic rings. The zero-order valence-electron chi connectivity index (χ0n) is 55.6. The number of guanidine groups is 2. The summed E-state index contributed by atoms with van der Waals surface area (Å²) in [5.41, 5.74) is 29.5. The number of aryl methyl sites for hydroxylation is 1. The van der Waals surface area contributed by atoms with E-state index in [9.17, 15) is 47.9 Å². The van der Waals surface area contributed by atoms with Crippen LogP contribution in [0.25, 0.3) is 0 Å². The number of carbonyl (C=O) groups excluding carboxylic acids is 10. The zero-order valence-corrected chi connectivity index (χ0v) is 56.5. The third-order valence-corrected chi connectivity index (χ3v) is 17.6. The van der Waals surface area contributed by atoms with Gasteiger partial charge in [-0.1, -0.05) is 55.8 Å². The molecule has 10 atom stereocenters. The van der Waals surface area contributed by atoms with Crippen LogP contribution in [-0.2, 0) is 83.2 Å². The number of unbranched alkanes of at least 4 members (excludes halogenated alkanes) is 1. The quantitative estimate of drug-likeness (QED) is 0.0123. The first-order chi connectivity index (χ1) is 47.1. The number of nitrogens with one attached hydrogen (secondary N) is 11. The average Bonchev–Trinajstić information content (AvgIpc) is 1.65. The van der Waals surface area contributed by atoms with Gasteiger partial charge in [0, 0.05) is 81.0 Å². The lowest BCUT2D eigenvalue weighted by Crippen LogP contribution is -2.61. The second-order valence-electron chi connectivity index (χ2n) is 24.6.